The van der Waals surface area contributed by atoms with E-state index >= 15 is 0 Å². The third kappa shape index (κ3) is 325. The molecule has 0 fully saturated rings. The Balaban J connectivity index is -0.0000000202. The molecule has 2 nitrogen and oxygen atoms in total. The molecule has 0 heterocycles. The third-order valence-corrected chi connectivity index (χ3v) is 0. The maximum Gasteiger partial charge on any atom is 0.129 e. The van der Waals surface area contributed by atoms with Crippen molar-refractivity contribution in [1.82, 2.24) is 0 Å². The first-order chi connectivity index (χ1) is 3.83. The van der Waals surface area contributed by atoms with E-state index in [4.69, 9.17) is 0 Å². The molecule has 0 aromatic carbocycles. The van der Waals surface area contributed by atoms with Crippen molar-refractivity contribution < 1.29 is 29.3 Å². The first-order valence-electron chi connectivity index (χ1n) is 2.04. The van der Waals surface area contributed by atoms with Gasteiger partial charge in [-0.2, -0.15) is 0 Å². The number of rotatable bonds is 0. The van der Waals surface area contributed by atoms with E-state index in [0.717, 1.165) is 41.9 Å². The summed E-state index contributed by atoms with van der Waals surface area (Å²) in [7, 11) is 3.72. The van der Waals surface area contributed by atoms with Crippen LogP contribution in [-0.4, -0.2) is 41.9 Å². The second kappa shape index (κ2) is 60.2. The van der Waals surface area contributed by atoms with E-state index in [1.807, 2.05) is 0 Å². The molecule has 0 saturated carbocycles. The normalized spacial score (nSPS) is 5.78. The monoisotopic (exact) mass is 378 g/mol. The molecule has 0 rings (SSSR count). The van der Waals surface area contributed by atoms with Crippen LogP contribution < -0.4 is 0 Å². The summed E-state index contributed by atoms with van der Waals surface area (Å²) in [4.78, 5) is 0. The largest absolute Gasteiger partial charge is 0.521 e. The molecule has 62 valence electrons. The van der Waals surface area contributed by atoms with Gasteiger partial charge in [0.2, 0.25) is 0 Å². The molecule has 0 radical (unpaired) electrons. The molecule has 0 bridgehead atoms. The first-order valence-corrected chi connectivity index (χ1v) is 5.31. The van der Waals surface area contributed by atoms with Crippen LogP contribution >= 0.6 is 0 Å². The van der Waals surface area contributed by atoms with Crippen molar-refractivity contribution >= 4 is 41.9 Å². The second-order valence-corrected chi connectivity index (χ2v) is 7.35. The molecule has 0 N–H and O–H groups in total. The molecule has 0 aliphatic heterocycles. The smallest absolute Gasteiger partial charge is 0.129 e. The summed E-state index contributed by atoms with van der Waals surface area (Å²) in [5, 5.41) is 0. The van der Waals surface area contributed by atoms with Crippen molar-refractivity contribution in [3.8, 4) is 0 Å². The van der Waals surface area contributed by atoms with Crippen LogP contribution in [0.4, 0.5) is 0 Å². The zero-order chi connectivity index (χ0) is 7.41. The van der Waals surface area contributed by atoms with Crippen molar-refractivity contribution in [2.24, 2.45) is 0 Å². The minimum Gasteiger partial charge on any atom is -0.521 e. The van der Waals surface area contributed by atoms with Crippen LogP contribution in [0.25, 0.3) is 0 Å². The Hall–Kier alpha value is 1.22. The topological polar surface area (TPSA) is 18.5 Å². The third-order valence-electron chi connectivity index (χ3n) is 0. The Bertz CT molecular complexity index is 24.0. The van der Waals surface area contributed by atoms with Crippen LogP contribution in [0.3, 0.4) is 0 Å². The summed E-state index contributed by atoms with van der Waals surface area (Å²) >= 11 is 0. The molecule has 0 amide bonds. The van der Waals surface area contributed by atoms with Gasteiger partial charge < -0.3 is 14.8 Å². The fourth-order valence-corrected chi connectivity index (χ4v) is 0. The summed E-state index contributed by atoms with van der Waals surface area (Å²) in [5.74, 6) is 0. The first kappa shape index (κ1) is 22.5. The van der Waals surface area contributed by atoms with Crippen molar-refractivity contribution in [2.75, 3.05) is 0 Å². The predicted octanol–water partition coefficient (Wildman–Crippen LogP) is -4.27. The van der Waals surface area contributed by atoms with E-state index in [-0.39, 0.29) is 21.1 Å². The van der Waals surface area contributed by atoms with E-state index in [1.54, 1.807) is 0 Å². The Morgan fingerprint density at radius 1 is 0.889 bits per heavy atom. The molecule has 0 unspecified atom stereocenters. The van der Waals surface area contributed by atoms with Crippen molar-refractivity contribution in [2.45, 2.75) is 0 Å². The van der Waals surface area contributed by atoms with Crippen LogP contribution in [-0.2, 0) is 29.3 Å². The molecule has 0 aromatic rings. The molecule has 0 aromatic heterocycles. The van der Waals surface area contributed by atoms with E-state index in [0.29, 0.717) is 0 Å². The van der Waals surface area contributed by atoms with Gasteiger partial charge in [-0.25, -0.2) is 0 Å². The summed E-state index contributed by atoms with van der Waals surface area (Å²) in [5.41, 5.74) is 0. The van der Waals surface area contributed by atoms with Gasteiger partial charge in [0.05, 0.1) is 0 Å². The van der Waals surface area contributed by atoms with Gasteiger partial charge in [0.1, 0.15) is 41.9 Å². The van der Waals surface area contributed by atoms with Gasteiger partial charge in [-0.1, -0.05) is 0 Å². The molecular formula is C2H15O2PtSi4-. The fourth-order valence-electron chi connectivity index (χ4n) is 0. The Kier molecular flexibility index (Phi) is 150. The molecule has 0 spiro atoms. The van der Waals surface area contributed by atoms with Crippen LogP contribution in [0.1, 0.15) is 0 Å². The summed E-state index contributed by atoms with van der Waals surface area (Å²) in [6, 6.07) is 0. The van der Waals surface area contributed by atoms with Crippen LogP contribution in [0, 0.1) is 6.58 Å². The zero-order valence-electron chi connectivity index (χ0n) is 6.42. The predicted molar refractivity (Wildman–Crippen MR) is 51.9 cm³/mol. The summed E-state index contributed by atoms with van der Waals surface area (Å²) in [6.45, 7) is 7.00. The van der Waals surface area contributed by atoms with E-state index in [1.165, 1.54) is 0 Å². The Labute approximate surface area is 84.2 Å². The molecule has 0 aliphatic rings. The fraction of sp³-hybridized carbons (Fsp3) is 0. The summed E-state index contributed by atoms with van der Waals surface area (Å²) in [6.07, 6.45) is 0. The Morgan fingerprint density at radius 2 is 0.889 bits per heavy atom. The van der Waals surface area contributed by atoms with Crippen molar-refractivity contribution in [3.63, 3.8) is 0 Å². The summed E-state index contributed by atoms with van der Waals surface area (Å²) < 4.78 is 9.06. The zero-order valence-corrected chi connectivity index (χ0v) is 16.7. The minimum atomic E-state index is 0. The number of hydrogen-bond donors (Lipinski definition) is 0. The van der Waals surface area contributed by atoms with Crippen LogP contribution in [0.2, 0.25) is 0 Å². The molecular weight excluding hydrogens is 363 g/mol. The van der Waals surface area contributed by atoms with Crippen molar-refractivity contribution in [3.05, 3.63) is 13.2 Å². The SMILES string of the molecule is [CH-]=C.[Pt].[SiH3]O[SiH3].[SiH3]O[SiH3]. The van der Waals surface area contributed by atoms with Crippen LogP contribution in [0.5, 0.6) is 0 Å². The van der Waals surface area contributed by atoms with Gasteiger partial charge in [-0.05, 0) is 0 Å². The second-order valence-electron chi connectivity index (χ2n) is 0.816. The van der Waals surface area contributed by atoms with E-state index in [2.05, 4.69) is 21.4 Å². The van der Waals surface area contributed by atoms with Gasteiger partial charge in [-0.15, -0.1) is 0 Å². The average Bonchev–Trinajstić information content (AvgIpc) is 1.75. The molecule has 9 heavy (non-hydrogen) atoms. The van der Waals surface area contributed by atoms with Gasteiger partial charge in [0.25, 0.3) is 0 Å². The molecule has 7 heteroatoms. The number of hydrogen-bond acceptors (Lipinski definition) is 2. The van der Waals surface area contributed by atoms with Gasteiger partial charge in [0, 0.05) is 21.1 Å². The average molecular weight is 379 g/mol. The quantitative estimate of drug-likeness (QED) is 0.314. The molecule has 0 saturated heterocycles. The standard InChI is InChI=1S/C2H3.2H6OSi2.Pt/c1-2;2*2-1-3;/h1H,2H2;2*2-3H3;/q-1;;;. The van der Waals surface area contributed by atoms with Crippen molar-refractivity contribution in [1.29, 1.82) is 0 Å². The maximum absolute atomic E-state index is 4.53. The molecule has 0 aliphatic carbocycles. The maximum atomic E-state index is 4.53. The van der Waals surface area contributed by atoms with Crippen LogP contribution in [0.15, 0.2) is 6.58 Å². The van der Waals surface area contributed by atoms with Gasteiger partial charge in [0.15, 0.2) is 0 Å². The minimum absolute atomic E-state index is 0. The van der Waals surface area contributed by atoms with Gasteiger partial charge >= 0.3 is 0 Å². The van der Waals surface area contributed by atoms with E-state index in [9.17, 15) is 0 Å². The van der Waals surface area contributed by atoms with Gasteiger partial charge in [-0.3, -0.25) is 6.58 Å². The molecule has 0 atom stereocenters. The van der Waals surface area contributed by atoms with E-state index < -0.39 is 0 Å². The Morgan fingerprint density at radius 3 is 0.889 bits per heavy atom.